The van der Waals surface area contributed by atoms with E-state index >= 15 is 0 Å². The fraction of sp³-hybridized carbons (Fsp3) is 0.417. The molecule has 3 rings (SSSR count). The van der Waals surface area contributed by atoms with Gasteiger partial charge in [-0.15, -0.1) is 0 Å². The monoisotopic (exact) mass is 470 g/mol. The average molecular weight is 471 g/mol. The van der Waals surface area contributed by atoms with Crippen molar-refractivity contribution in [2.75, 3.05) is 19.2 Å². The summed E-state index contributed by atoms with van der Waals surface area (Å²) in [5.74, 6) is 0.330. The van der Waals surface area contributed by atoms with E-state index < -0.39 is 10.8 Å². The molecule has 2 amide bonds. The highest BCUT2D eigenvalue weighted by molar-refractivity contribution is 6.00. The molecule has 1 fully saturated rings. The van der Waals surface area contributed by atoms with Gasteiger partial charge >= 0.3 is 0 Å². The van der Waals surface area contributed by atoms with Crippen molar-refractivity contribution < 1.29 is 24.0 Å². The number of nitrogens with zero attached hydrogens (tertiary/aromatic N) is 2. The number of non-ortho nitro benzene ring substituents is 1. The third kappa shape index (κ3) is 5.94. The van der Waals surface area contributed by atoms with Crippen molar-refractivity contribution in [2.45, 2.75) is 51.6 Å². The van der Waals surface area contributed by atoms with Crippen LogP contribution in [-0.4, -0.2) is 37.0 Å². The quantitative estimate of drug-likeness (QED) is 0.423. The molecule has 1 saturated carbocycles. The van der Waals surface area contributed by atoms with Crippen LogP contribution >= 0.6 is 0 Å². The Morgan fingerprint density at radius 3 is 2.38 bits per heavy atom. The number of carbonyl (C=O) groups excluding carboxylic acids is 2. The first kappa shape index (κ1) is 24.8. The maximum absolute atomic E-state index is 13.2. The second-order valence-electron chi connectivity index (χ2n) is 8.16. The van der Waals surface area contributed by atoms with Gasteiger partial charge in [0.05, 0.1) is 36.4 Å². The molecule has 0 bridgehead atoms. The highest BCUT2D eigenvalue weighted by Gasteiger charge is 2.27. The van der Waals surface area contributed by atoms with Gasteiger partial charge in [-0.25, -0.2) is 0 Å². The number of nitrogens with one attached hydrogen (secondary N) is 2. The number of ether oxygens (including phenoxy) is 2. The highest BCUT2D eigenvalue weighted by Crippen LogP contribution is 2.31. The van der Waals surface area contributed by atoms with Crippen LogP contribution in [0.3, 0.4) is 0 Å². The van der Waals surface area contributed by atoms with Crippen LogP contribution in [0.25, 0.3) is 0 Å². The number of hydrogen-bond donors (Lipinski definition) is 2. The van der Waals surface area contributed by atoms with Crippen molar-refractivity contribution in [3.05, 3.63) is 57.6 Å². The molecule has 182 valence electrons. The van der Waals surface area contributed by atoms with Crippen LogP contribution in [-0.2, 0) is 11.3 Å². The van der Waals surface area contributed by atoms with Gasteiger partial charge in [0.15, 0.2) is 11.5 Å². The molecule has 10 nitrogen and oxygen atoms in total. The number of hydrogen-bond acceptors (Lipinski definition) is 7. The van der Waals surface area contributed by atoms with Gasteiger partial charge in [-0.3, -0.25) is 30.1 Å². The van der Waals surface area contributed by atoms with E-state index in [-0.39, 0.29) is 29.7 Å². The lowest BCUT2D eigenvalue weighted by atomic mass is 9.94. The Kier molecular flexibility index (Phi) is 8.29. The largest absolute Gasteiger partial charge is 0.493 e. The molecule has 0 heterocycles. The van der Waals surface area contributed by atoms with Crippen LogP contribution in [0.4, 0.5) is 11.4 Å². The molecule has 0 aliphatic heterocycles. The molecule has 0 saturated heterocycles. The van der Waals surface area contributed by atoms with Gasteiger partial charge in [-0.2, -0.15) is 0 Å². The van der Waals surface area contributed by atoms with Gasteiger partial charge in [-0.05, 0) is 36.6 Å². The van der Waals surface area contributed by atoms with E-state index in [0.29, 0.717) is 17.2 Å². The van der Waals surface area contributed by atoms with Gasteiger partial charge in [0.25, 0.3) is 11.6 Å². The number of rotatable bonds is 9. The van der Waals surface area contributed by atoms with E-state index in [4.69, 9.17) is 9.47 Å². The summed E-state index contributed by atoms with van der Waals surface area (Å²) in [5.41, 5.74) is 3.94. The fourth-order valence-corrected chi connectivity index (χ4v) is 4.15. The minimum atomic E-state index is -0.543. The summed E-state index contributed by atoms with van der Waals surface area (Å²) in [6, 6.07) is 9.39. The molecule has 0 aromatic heterocycles. The predicted molar refractivity (Wildman–Crippen MR) is 127 cm³/mol. The van der Waals surface area contributed by atoms with Crippen LogP contribution in [0.15, 0.2) is 36.4 Å². The van der Waals surface area contributed by atoms with Crippen molar-refractivity contribution in [2.24, 2.45) is 0 Å². The van der Waals surface area contributed by atoms with Gasteiger partial charge in [0, 0.05) is 25.6 Å². The lowest BCUT2D eigenvalue weighted by Crippen LogP contribution is -2.49. The highest BCUT2D eigenvalue weighted by atomic mass is 16.6. The Labute approximate surface area is 198 Å². The maximum atomic E-state index is 13.2. The molecule has 1 aliphatic rings. The van der Waals surface area contributed by atoms with E-state index in [2.05, 4.69) is 10.7 Å². The lowest BCUT2D eigenvalue weighted by Gasteiger charge is -2.36. The molecular formula is C24H30N4O6. The molecule has 0 unspecified atom stereocenters. The molecule has 0 atom stereocenters. The average Bonchev–Trinajstić information content (AvgIpc) is 2.85. The van der Waals surface area contributed by atoms with E-state index in [1.54, 1.807) is 23.2 Å². The molecule has 0 radical (unpaired) electrons. The summed E-state index contributed by atoms with van der Waals surface area (Å²) in [6.07, 6.45) is 4.83. The first-order chi connectivity index (χ1) is 16.3. The van der Waals surface area contributed by atoms with Crippen molar-refractivity contribution in [1.82, 2.24) is 10.7 Å². The first-order valence-electron chi connectivity index (χ1n) is 11.2. The smallest absolute Gasteiger partial charge is 0.270 e. The SMILES string of the molecule is COc1ccc(CNC(=O)c2cc([N+](=O)[O-])ccc2N(NC(C)=O)C2CCCCC2)cc1OC. The number of nitro groups is 1. The van der Waals surface area contributed by atoms with Crippen LogP contribution in [0.5, 0.6) is 11.5 Å². The van der Waals surface area contributed by atoms with Gasteiger partial charge < -0.3 is 14.8 Å². The second kappa shape index (κ2) is 11.4. The summed E-state index contributed by atoms with van der Waals surface area (Å²) in [4.78, 5) is 36.1. The van der Waals surface area contributed by atoms with Crippen LogP contribution in [0.2, 0.25) is 0 Å². The number of amides is 2. The standard InChI is InChI=1S/C24H30N4O6/c1-16(29)26-27(18-7-5-4-6-8-18)21-11-10-19(28(31)32)14-20(21)24(30)25-15-17-9-12-22(33-2)23(13-17)34-3/h9-14,18H,4-8,15H2,1-3H3,(H,25,30)(H,26,29). The number of benzene rings is 2. The summed E-state index contributed by atoms with van der Waals surface area (Å²) < 4.78 is 10.5. The van der Waals surface area contributed by atoms with Gasteiger partial charge in [-0.1, -0.05) is 25.3 Å². The topological polar surface area (TPSA) is 123 Å². The summed E-state index contributed by atoms with van der Waals surface area (Å²) in [6.45, 7) is 1.57. The molecule has 2 N–H and O–H groups in total. The summed E-state index contributed by atoms with van der Waals surface area (Å²) in [7, 11) is 3.06. The molecule has 2 aromatic carbocycles. The number of anilines is 1. The van der Waals surface area contributed by atoms with Crippen LogP contribution in [0, 0.1) is 10.1 Å². The maximum Gasteiger partial charge on any atom is 0.270 e. The van der Waals surface area contributed by atoms with Crippen LogP contribution in [0.1, 0.15) is 54.9 Å². The Hall–Kier alpha value is -3.82. The zero-order chi connectivity index (χ0) is 24.7. The lowest BCUT2D eigenvalue weighted by molar-refractivity contribution is -0.384. The zero-order valence-corrected chi connectivity index (χ0v) is 19.6. The van der Waals surface area contributed by atoms with Crippen molar-refractivity contribution in [3.63, 3.8) is 0 Å². The van der Waals surface area contributed by atoms with Crippen molar-refractivity contribution >= 4 is 23.2 Å². The van der Waals surface area contributed by atoms with Crippen molar-refractivity contribution in [1.29, 1.82) is 0 Å². The molecule has 1 aliphatic carbocycles. The molecule has 0 spiro atoms. The normalized spacial score (nSPS) is 13.6. The van der Waals surface area contributed by atoms with E-state index in [1.807, 2.05) is 0 Å². The van der Waals surface area contributed by atoms with Gasteiger partial charge in [0.2, 0.25) is 5.91 Å². The summed E-state index contributed by atoms with van der Waals surface area (Å²) in [5, 5.41) is 15.9. The Bertz CT molecular complexity index is 1050. The molecule has 2 aromatic rings. The number of carbonyl (C=O) groups is 2. The number of hydrazine groups is 1. The molecule has 10 heteroatoms. The zero-order valence-electron chi connectivity index (χ0n) is 19.6. The Morgan fingerprint density at radius 1 is 1.06 bits per heavy atom. The minimum absolute atomic E-state index is 0.00324. The second-order valence-corrected chi connectivity index (χ2v) is 8.16. The predicted octanol–water partition coefficient (Wildman–Crippen LogP) is 3.73. The van der Waals surface area contributed by atoms with E-state index in [9.17, 15) is 19.7 Å². The van der Waals surface area contributed by atoms with Crippen molar-refractivity contribution in [3.8, 4) is 11.5 Å². The first-order valence-corrected chi connectivity index (χ1v) is 11.2. The van der Waals surface area contributed by atoms with E-state index in [0.717, 1.165) is 37.7 Å². The van der Waals surface area contributed by atoms with Crippen LogP contribution < -0.4 is 25.2 Å². The summed E-state index contributed by atoms with van der Waals surface area (Å²) >= 11 is 0. The Balaban J connectivity index is 1.91. The minimum Gasteiger partial charge on any atom is -0.493 e. The fourth-order valence-electron chi connectivity index (χ4n) is 4.15. The third-order valence-corrected chi connectivity index (χ3v) is 5.81. The molecular weight excluding hydrogens is 440 g/mol. The Morgan fingerprint density at radius 2 is 1.76 bits per heavy atom. The molecule has 34 heavy (non-hydrogen) atoms. The third-order valence-electron chi connectivity index (χ3n) is 5.81. The number of methoxy groups -OCH3 is 2. The van der Waals surface area contributed by atoms with Gasteiger partial charge in [0.1, 0.15) is 0 Å². The number of nitro benzene ring substituents is 1. The van der Waals surface area contributed by atoms with E-state index in [1.165, 1.54) is 39.3 Å².